The van der Waals surface area contributed by atoms with Crippen LogP contribution in [-0.4, -0.2) is 40.8 Å². The van der Waals surface area contributed by atoms with Crippen LogP contribution < -0.4 is 10.5 Å². The average molecular weight is 453 g/mol. The molecule has 6 rings (SSSR count). The number of hydrogen-bond acceptors (Lipinski definition) is 6. The number of morpholine rings is 1. The second kappa shape index (κ2) is 7.58. The van der Waals surface area contributed by atoms with Crippen molar-refractivity contribution in [2.45, 2.75) is 25.7 Å². The molecular weight excluding hydrogens is 432 g/mol. The number of hydrogen-bond donors (Lipinski definition) is 0. The number of thiophene rings is 1. The zero-order chi connectivity index (χ0) is 20.9. The molecule has 158 valence electrons. The van der Waals surface area contributed by atoms with E-state index in [0.29, 0.717) is 9.72 Å². The number of fused-ring (bicyclic) bond motifs is 5. The second-order valence-electron chi connectivity index (χ2n) is 8.06. The van der Waals surface area contributed by atoms with Crippen LogP contribution in [-0.2, 0) is 17.6 Å². The molecule has 6 nitrogen and oxygen atoms in total. The van der Waals surface area contributed by atoms with E-state index in [4.69, 9.17) is 26.3 Å². The molecule has 3 aromatic heterocycles. The molecule has 1 aliphatic heterocycles. The first-order valence-corrected chi connectivity index (χ1v) is 11.8. The Labute approximate surface area is 188 Å². The van der Waals surface area contributed by atoms with E-state index in [-0.39, 0.29) is 5.56 Å². The van der Waals surface area contributed by atoms with Crippen LogP contribution in [0.15, 0.2) is 35.4 Å². The molecule has 1 fully saturated rings. The fraction of sp³-hybridized carbons (Fsp3) is 0.348. The van der Waals surface area contributed by atoms with Gasteiger partial charge in [-0.2, -0.15) is 0 Å². The van der Waals surface area contributed by atoms with Gasteiger partial charge in [-0.05, 0) is 61.1 Å². The first-order valence-electron chi connectivity index (χ1n) is 10.6. The summed E-state index contributed by atoms with van der Waals surface area (Å²) in [6.07, 6.45) is 6.01. The third-order valence-corrected chi connectivity index (χ3v) is 7.56. The van der Waals surface area contributed by atoms with Crippen molar-refractivity contribution in [1.29, 1.82) is 0 Å². The maximum Gasteiger partial charge on any atom is 0.275 e. The van der Waals surface area contributed by atoms with Crippen LogP contribution in [0.3, 0.4) is 0 Å². The number of anilines is 1. The summed E-state index contributed by atoms with van der Waals surface area (Å²) in [5.41, 5.74) is 4.15. The third kappa shape index (κ3) is 3.14. The molecule has 0 amide bonds. The van der Waals surface area contributed by atoms with Crippen LogP contribution in [0.2, 0.25) is 5.02 Å². The maximum atomic E-state index is 13.4. The number of aryl methyl sites for hydroxylation is 1. The van der Waals surface area contributed by atoms with Crippen molar-refractivity contribution in [2.75, 3.05) is 31.2 Å². The van der Waals surface area contributed by atoms with Crippen LogP contribution in [0, 0.1) is 0 Å². The van der Waals surface area contributed by atoms with Crippen LogP contribution >= 0.6 is 22.9 Å². The fourth-order valence-corrected chi connectivity index (χ4v) is 5.93. The molecule has 8 heteroatoms. The minimum atomic E-state index is -0.0622. The Morgan fingerprint density at radius 1 is 1.03 bits per heavy atom. The first kappa shape index (κ1) is 19.2. The average Bonchev–Trinajstić information content (AvgIpc) is 3.20. The molecule has 0 N–H and O–H groups in total. The van der Waals surface area contributed by atoms with E-state index in [1.807, 2.05) is 12.1 Å². The van der Waals surface area contributed by atoms with E-state index in [1.54, 1.807) is 23.0 Å². The zero-order valence-electron chi connectivity index (χ0n) is 16.9. The van der Waals surface area contributed by atoms with Gasteiger partial charge in [0.1, 0.15) is 21.7 Å². The van der Waals surface area contributed by atoms with Crippen LogP contribution in [0.5, 0.6) is 0 Å². The summed E-state index contributed by atoms with van der Waals surface area (Å²) in [5, 5.41) is 1.71. The fourth-order valence-electron chi connectivity index (χ4n) is 4.72. The highest BCUT2D eigenvalue weighted by molar-refractivity contribution is 7.25. The molecular formula is C23H21ClN4O2S. The number of benzene rings is 1. The van der Waals surface area contributed by atoms with Gasteiger partial charge in [0, 0.05) is 23.5 Å². The van der Waals surface area contributed by atoms with Gasteiger partial charge in [-0.1, -0.05) is 11.6 Å². The molecule has 4 heterocycles. The van der Waals surface area contributed by atoms with Gasteiger partial charge in [0.25, 0.3) is 5.56 Å². The molecule has 0 atom stereocenters. The lowest BCUT2D eigenvalue weighted by Crippen LogP contribution is -2.37. The van der Waals surface area contributed by atoms with E-state index in [2.05, 4.69) is 4.90 Å². The van der Waals surface area contributed by atoms with Gasteiger partial charge in [-0.25, -0.2) is 9.97 Å². The summed E-state index contributed by atoms with van der Waals surface area (Å²) in [7, 11) is 0. The summed E-state index contributed by atoms with van der Waals surface area (Å²) in [6.45, 7) is 3.18. The minimum absolute atomic E-state index is 0.0622. The monoisotopic (exact) mass is 452 g/mol. The largest absolute Gasteiger partial charge is 0.378 e. The minimum Gasteiger partial charge on any atom is -0.378 e. The lowest BCUT2D eigenvalue weighted by atomic mass is 9.90. The SMILES string of the molecule is O=c1c2sc3nc(N4CCOCC4)c4c(c3c2ncn1-c1ccc(Cl)cc1)CCCC4. The van der Waals surface area contributed by atoms with Gasteiger partial charge < -0.3 is 9.64 Å². The third-order valence-electron chi connectivity index (χ3n) is 6.24. The van der Waals surface area contributed by atoms with Gasteiger partial charge in [0.2, 0.25) is 0 Å². The Morgan fingerprint density at radius 2 is 1.77 bits per heavy atom. The molecule has 0 saturated carbocycles. The summed E-state index contributed by atoms with van der Waals surface area (Å²) >= 11 is 7.47. The van der Waals surface area contributed by atoms with Crippen molar-refractivity contribution < 1.29 is 4.74 Å². The highest BCUT2D eigenvalue weighted by Gasteiger charge is 2.26. The van der Waals surface area contributed by atoms with E-state index in [9.17, 15) is 4.79 Å². The molecule has 31 heavy (non-hydrogen) atoms. The smallest absolute Gasteiger partial charge is 0.275 e. The number of rotatable bonds is 2. The van der Waals surface area contributed by atoms with E-state index in [0.717, 1.165) is 72.8 Å². The lowest BCUT2D eigenvalue weighted by Gasteiger charge is -2.31. The molecule has 0 unspecified atom stereocenters. The van der Waals surface area contributed by atoms with Gasteiger partial charge in [0.05, 0.1) is 24.4 Å². The van der Waals surface area contributed by atoms with Crippen LogP contribution in [0.4, 0.5) is 5.82 Å². The number of halogens is 1. The van der Waals surface area contributed by atoms with Crippen LogP contribution in [0.25, 0.3) is 26.1 Å². The van der Waals surface area contributed by atoms with Gasteiger partial charge >= 0.3 is 0 Å². The van der Waals surface area contributed by atoms with Crippen molar-refractivity contribution in [2.24, 2.45) is 0 Å². The lowest BCUT2D eigenvalue weighted by molar-refractivity contribution is 0.122. The van der Waals surface area contributed by atoms with Crippen molar-refractivity contribution in [1.82, 2.24) is 14.5 Å². The van der Waals surface area contributed by atoms with Crippen molar-refractivity contribution in [3.8, 4) is 5.69 Å². The molecule has 0 spiro atoms. The standard InChI is InChI=1S/C23H21ClN4O2S/c24-14-5-7-15(8-6-14)28-13-25-19-18-16-3-1-2-4-17(16)21(27-9-11-30-12-10-27)26-22(18)31-20(19)23(28)29/h5-8,13H,1-4,9-12H2. The zero-order valence-corrected chi connectivity index (χ0v) is 18.5. The highest BCUT2D eigenvalue weighted by Crippen LogP contribution is 2.40. The number of nitrogens with zero attached hydrogens (tertiary/aromatic N) is 4. The van der Waals surface area contributed by atoms with Crippen molar-refractivity contribution >= 4 is 49.2 Å². The Hall–Kier alpha value is -2.48. The topological polar surface area (TPSA) is 60.3 Å². The Balaban J connectivity index is 1.59. The second-order valence-corrected chi connectivity index (χ2v) is 9.49. The molecule has 1 saturated heterocycles. The van der Waals surface area contributed by atoms with Crippen molar-refractivity contribution in [3.05, 3.63) is 57.1 Å². The van der Waals surface area contributed by atoms with E-state index < -0.39 is 0 Å². The summed E-state index contributed by atoms with van der Waals surface area (Å²) in [4.78, 5) is 26.5. The quantitative estimate of drug-likeness (QED) is 0.452. The summed E-state index contributed by atoms with van der Waals surface area (Å²) in [6, 6.07) is 7.23. The van der Waals surface area contributed by atoms with Gasteiger partial charge in [0.15, 0.2) is 0 Å². The number of aromatic nitrogens is 3. The summed E-state index contributed by atoms with van der Waals surface area (Å²) in [5.74, 6) is 1.08. The Kier molecular flexibility index (Phi) is 4.70. The normalized spacial score (nSPS) is 16.7. The van der Waals surface area contributed by atoms with Gasteiger partial charge in [-0.3, -0.25) is 9.36 Å². The van der Waals surface area contributed by atoms with E-state index in [1.165, 1.54) is 28.9 Å². The molecule has 0 radical (unpaired) electrons. The van der Waals surface area contributed by atoms with Gasteiger partial charge in [-0.15, -0.1) is 11.3 Å². The maximum absolute atomic E-state index is 13.4. The molecule has 1 aliphatic carbocycles. The molecule has 4 aromatic rings. The first-order chi connectivity index (χ1) is 15.2. The molecule has 0 bridgehead atoms. The van der Waals surface area contributed by atoms with Crippen molar-refractivity contribution in [3.63, 3.8) is 0 Å². The predicted molar refractivity (Wildman–Crippen MR) is 125 cm³/mol. The number of pyridine rings is 1. The summed E-state index contributed by atoms with van der Waals surface area (Å²) < 4.78 is 7.80. The van der Waals surface area contributed by atoms with Crippen LogP contribution in [0.1, 0.15) is 24.0 Å². The molecule has 1 aromatic carbocycles. The Morgan fingerprint density at radius 3 is 2.55 bits per heavy atom. The number of ether oxygens (including phenoxy) is 1. The Bertz CT molecular complexity index is 1360. The molecule has 2 aliphatic rings. The highest BCUT2D eigenvalue weighted by atomic mass is 35.5. The predicted octanol–water partition coefficient (Wildman–Crippen LogP) is 4.36. The van der Waals surface area contributed by atoms with E-state index >= 15 is 0 Å².